The minimum Gasteiger partial charge on any atom is -0.463 e. The Bertz CT molecular complexity index is 1430. The molecule has 2 aromatic rings. The summed E-state index contributed by atoms with van der Waals surface area (Å²) in [4.78, 5) is 29.1. The Morgan fingerprint density at radius 1 is 0.850 bits per heavy atom. The molecule has 6 heteroatoms. The summed E-state index contributed by atoms with van der Waals surface area (Å²) in [5.74, 6) is -1.47. The molecule has 0 unspecified atom stereocenters. The number of likely N-dealkylation sites (tertiary alicyclic amines) is 1. The lowest BCUT2D eigenvalue weighted by Gasteiger charge is -2.31. The van der Waals surface area contributed by atoms with Crippen molar-refractivity contribution in [3.63, 3.8) is 0 Å². The molecule has 3 aliphatic rings. The Balaban J connectivity index is 1.74. The van der Waals surface area contributed by atoms with Crippen molar-refractivity contribution in [1.82, 2.24) is 10.2 Å². The van der Waals surface area contributed by atoms with Crippen LogP contribution in [0.3, 0.4) is 0 Å². The van der Waals surface area contributed by atoms with E-state index < -0.39 is 17.9 Å². The van der Waals surface area contributed by atoms with Crippen molar-refractivity contribution in [3.8, 4) is 0 Å². The summed E-state index contributed by atoms with van der Waals surface area (Å²) >= 11 is 0. The van der Waals surface area contributed by atoms with Crippen LogP contribution >= 0.6 is 0 Å². The number of ether oxygens (including phenoxy) is 2. The Labute approximate surface area is 237 Å². The standard InChI is InChI=1S/C34H38N2O4/c1-6-39-33(37)29-21(3)35-22(4)30(34(38)40-7-2)32(29)26-15-14-24-13-12-23-10-8-9-11-27(23)31(28(24)20-26)25-16-18-36(5)19-17-25/h8-15,20,32,35H,6-7,16-19H2,1-5H3. The first-order chi connectivity index (χ1) is 19.3. The Morgan fingerprint density at radius 2 is 1.43 bits per heavy atom. The Hall–Kier alpha value is -3.90. The van der Waals surface area contributed by atoms with Crippen LogP contribution in [-0.2, 0) is 19.1 Å². The average molecular weight is 539 g/mol. The van der Waals surface area contributed by atoms with E-state index in [1.165, 1.54) is 22.3 Å². The van der Waals surface area contributed by atoms with E-state index in [2.05, 4.69) is 65.8 Å². The second-order valence-electron chi connectivity index (χ2n) is 10.6. The summed E-state index contributed by atoms with van der Waals surface area (Å²) in [5.41, 5.74) is 10.5. The van der Waals surface area contributed by atoms with Gasteiger partial charge in [0.25, 0.3) is 0 Å². The fraction of sp³-hybridized carbons (Fsp3) is 0.353. The Morgan fingerprint density at radius 3 is 2.02 bits per heavy atom. The van der Waals surface area contributed by atoms with Gasteiger partial charge in [0.15, 0.2) is 0 Å². The number of nitrogens with zero attached hydrogens (tertiary/aromatic N) is 1. The molecule has 0 aromatic heterocycles. The first-order valence-electron chi connectivity index (χ1n) is 14.2. The lowest BCUT2D eigenvalue weighted by molar-refractivity contribution is -0.139. The first kappa shape index (κ1) is 27.7. The number of hydrogen-bond acceptors (Lipinski definition) is 6. The fourth-order valence-corrected chi connectivity index (χ4v) is 6.12. The molecule has 1 saturated heterocycles. The van der Waals surface area contributed by atoms with Gasteiger partial charge in [-0.25, -0.2) is 9.59 Å². The highest BCUT2D eigenvalue weighted by Gasteiger charge is 2.38. The van der Waals surface area contributed by atoms with Crippen LogP contribution in [0, 0.1) is 0 Å². The van der Waals surface area contributed by atoms with Crippen LogP contribution < -0.4 is 5.32 Å². The van der Waals surface area contributed by atoms with Crippen molar-refractivity contribution < 1.29 is 19.1 Å². The van der Waals surface area contributed by atoms with Gasteiger partial charge >= 0.3 is 11.9 Å². The smallest absolute Gasteiger partial charge is 0.336 e. The molecule has 1 aliphatic carbocycles. The van der Waals surface area contributed by atoms with Gasteiger partial charge in [-0.1, -0.05) is 54.1 Å². The zero-order valence-electron chi connectivity index (χ0n) is 24.1. The highest BCUT2D eigenvalue weighted by atomic mass is 16.5. The third-order valence-corrected chi connectivity index (χ3v) is 8.05. The summed E-state index contributed by atoms with van der Waals surface area (Å²) in [6, 6.07) is 14.9. The quantitative estimate of drug-likeness (QED) is 0.399. The normalized spacial score (nSPS) is 17.7. The molecule has 2 heterocycles. The maximum Gasteiger partial charge on any atom is 0.336 e. The van der Waals surface area contributed by atoms with Crippen LogP contribution in [0.1, 0.15) is 74.3 Å². The summed E-state index contributed by atoms with van der Waals surface area (Å²) in [6.45, 7) is 9.82. The van der Waals surface area contributed by atoms with Gasteiger partial charge in [-0.05, 0) is 87.0 Å². The lowest BCUT2D eigenvalue weighted by atomic mass is 9.78. The molecular weight excluding hydrogens is 500 g/mol. The van der Waals surface area contributed by atoms with E-state index in [1.807, 2.05) is 19.9 Å². The highest BCUT2D eigenvalue weighted by molar-refractivity contribution is 6.00. The molecule has 208 valence electrons. The number of esters is 2. The predicted molar refractivity (Wildman–Crippen MR) is 159 cm³/mol. The summed E-state index contributed by atoms with van der Waals surface area (Å²) in [6.07, 6.45) is 6.35. The van der Waals surface area contributed by atoms with Crippen molar-refractivity contribution in [2.24, 2.45) is 0 Å². The fourth-order valence-electron chi connectivity index (χ4n) is 6.12. The van der Waals surface area contributed by atoms with Gasteiger partial charge in [-0.3, -0.25) is 0 Å². The molecule has 0 amide bonds. The highest BCUT2D eigenvalue weighted by Crippen LogP contribution is 2.44. The number of carbonyl (C=O) groups is 2. The minimum absolute atomic E-state index is 0.246. The van der Waals surface area contributed by atoms with Gasteiger partial charge in [0, 0.05) is 24.5 Å². The van der Waals surface area contributed by atoms with Gasteiger partial charge in [-0.2, -0.15) is 0 Å². The van der Waals surface area contributed by atoms with Crippen molar-refractivity contribution in [2.45, 2.75) is 46.5 Å². The molecule has 2 aromatic carbocycles. The molecule has 0 saturated carbocycles. The number of piperidine rings is 1. The van der Waals surface area contributed by atoms with Gasteiger partial charge in [0.2, 0.25) is 0 Å². The second kappa shape index (κ2) is 11.7. The van der Waals surface area contributed by atoms with E-state index in [9.17, 15) is 9.59 Å². The van der Waals surface area contributed by atoms with E-state index in [-0.39, 0.29) is 13.2 Å². The number of benzene rings is 2. The SMILES string of the molecule is CCOC(=O)C1=C(C)NC(C)=C(C(=O)OCC)C1c1ccc2c(c1)C(=C1CCN(C)CC1)c1ccccc1C=C2. The number of allylic oxidation sites excluding steroid dienone is 2. The van der Waals surface area contributed by atoms with Crippen LogP contribution in [0.15, 0.2) is 70.6 Å². The van der Waals surface area contributed by atoms with Crippen molar-refractivity contribution in [3.05, 3.63) is 98.4 Å². The number of carbonyl (C=O) groups excluding carboxylic acids is 2. The van der Waals surface area contributed by atoms with Crippen LogP contribution in [-0.4, -0.2) is 50.2 Å². The molecule has 6 nitrogen and oxygen atoms in total. The van der Waals surface area contributed by atoms with Crippen LogP contribution in [0.4, 0.5) is 0 Å². The molecule has 1 fully saturated rings. The van der Waals surface area contributed by atoms with Crippen molar-refractivity contribution in [1.29, 1.82) is 0 Å². The van der Waals surface area contributed by atoms with Gasteiger partial charge in [-0.15, -0.1) is 0 Å². The predicted octanol–water partition coefficient (Wildman–Crippen LogP) is 6.06. The largest absolute Gasteiger partial charge is 0.463 e. The minimum atomic E-state index is -0.615. The number of hydrogen-bond donors (Lipinski definition) is 1. The Kier molecular flexibility index (Phi) is 8.08. The maximum atomic E-state index is 13.4. The van der Waals surface area contributed by atoms with Crippen LogP contribution in [0.2, 0.25) is 0 Å². The number of rotatable bonds is 5. The molecular formula is C34H38N2O4. The molecule has 0 spiro atoms. The van der Waals surface area contributed by atoms with E-state index >= 15 is 0 Å². The zero-order valence-corrected chi connectivity index (χ0v) is 24.1. The maximum absolute atomic E-state index is 13.4. The van der Waals surface area contributed by atoms with E-state index in [0.717, 1.165) is 42.6 Å². The number of nitrogens with one attached hydrogen (secondary N) is 1. The average Bonchev–Trinajstić information content (AvgIpc) is 3.10. The van der Waals surface area contributed by atoms with Crippen LogP contribution in [0.5, 0.6) is 0 Å². The second-order valence-corrected chi connectivity index (χ2v) is 10.6. The third kappa shape index (κ3) is 5.16. The molecule has 5 rings (SSSR count). The monoisotopic (exact) mass is 538 g/mol. The van der Waals surface area contributed by atoms with Crippen molar-refractivity contribution in [2.75, 3.05) is 33.4 Å². The zero-order chi connectivity index (χ0) is 28.4. The van der Waals surface area contributed by atoms with Crippen molar-refractivity contribution >= 4 is 29.7 Å². The third-order valence-electron chi connectivity index (χ3n) is 8.05. The topological polar surface area (TPSA) is 67.9 Å². The summed E-state index contributed by atoms with van der Waals surface area (Å²) < 4.78 is 11.0. The molecule has 0 radical (unpaired) electrons. The molecule has 1 N–H and O–H groups in total. The number of dihydropyridines is 1. The number of fused-ring (bicyclic) bond motifs is 2. The van der Waals surface area contributed by atoms with Gasteiger partial charge < -0.3 is 19.7 Å². The van der Waals surface area contributed by atoms with E-state index in [1.54, 1.807) is 13.8 Å². The summed E-state index contributed by atoms with van der Waals surface area (Å²) in [5, 5.41) is 3.24. The molecule has 2 aliphatic heterocycles. The van der Waals surface area contributed by atoms with Gasteiger partial charge in [0.1, 0.15) is 0 Å². The molecule has 40 heavy (non-hydrogen) atoms. The summed E-state index contributed by atoms with van der Waals surface area (Å²) in [7, 11) is 2.17. The first-order valence-corrected chi connectivity index (χ1v) is 14.2. The van der Waals surface area contributed by atoms with E-state index in [4.69, 9.17) is 9.47 Å². The lowest BCUT2D eigenvalue weighted by Crippen LogP contribution is -2.32. The van der Waals surface area contributed by atoms with E-state index in [0.29, 0.717) is 22.5 Å². The molecule has 0 atom stereocenters. The molecule has 0 bridgehead atoms. The van der Waals surface area contributed by atoms with Crippen LogP contribution in [0.25, 0.3) is 17.7 Å². The van der Waals surface area contributed by atoms with Gasteiger partial charge in [0.05, 0.1) is 30.3 Å².